The first-order valence-electron chi connectivity index (χ1n) is 7.78. The fourth-order valence-electron chi connectivity index (χ4n) is 3.36. The third-order valence-corrected chi connectivity index (χ3v) is 5.99. The summed E-state index contributed by atoms with van der Waals surface area (Å²) >= 11 is 6.84. The summed E-state index contributed by atoms with van der Waals surface area (Å²) in [5, 5.41) is 9.12. The highest BCUT2D eigenvalue weighted by Crippen LogP contribution is 2.44. The molecule has 0 saturated heterocycles. The number of carboxylic acids is 1. The van der Waals surface area contributed by atoms with Gasteiger partial charge in [-0.05, 0) is 31.1 Å². The van der Waals surface area contributed by atoms with Gasteiger partial charge in [-0.3, -0.25) is 14.4 Å². The van der Waals surface area contributed by atoms with Crippen molar-refractivity contribution >= 4 is 40.6 Å². The van der Waals surface area contributed by atoms with Crippen LogP contribution in [-0.4, -0.2) is 33.7 Å². The van der Waals surface area contributed by atoms with Crippen LogP contribution in [0, 0.1) is 0 Å². The number of Topliss-reactive ketones (excluding diaryl/α,β-unsaturated/α-hetero) is 1. The maximum atomic E-state index is 12.9. The Morgan fingerprint density at radius 3 is 2.69 bits per heavy atom. The number of carbonyl (C=O) groups excluding carboxylic acids is 2. The molecule has 1 amide bonds. The number of ketones is 1. The molecule has 0 aromatic carbocycles. The predicted octanol–water partition coefficient (Wildman–Crippen LogP) is 4.11. The number of allylic oxidation sites excluding steroid dienone is 2. The van der Waals surface area contributed by atoms with Gasteiger partial charge in [0, 0.05) is 17.7 Å². The van der Waals surface area contributed by atoms with Crippen LogP contribution in [-0.2, 0) is 9.59 Å². The summed E-state index contributed by atoms with van der Waals surface area (Å²) in [5.41, 5.74) is 1.08. The van der Waals surface area contributed by atoms with Crippen molar-refractivity contribution < 1.29 is 28.3 Å². The summed E-state index contributed by atoms with van der Waals surface area (Å²) in [6, 6.07) is 1.97. The first-order valence-corrected chi connectivity index (χ1v) is 8.98. The van der Waals surface area contributed by atoms with Gasteiger partial charge in [-0.15, -0.1) is 11.3 Å². The van der Waals surface area contributed by atoms with E-state index in [1.807, 2.05) is 0 Å². The summed E-state index contributed by atoms with van der Waals surface area (Å²) < 4.78 is 25.6. The molecule has 2 aliphatic rings. The Labute approximate surface area is 156 Å². The molecule has 1 aliphatic heterocycles. The Morgan fingerprint density at radius 1 is 1.42 bits per heavy atom. The van der Waals surface area contributed by atoms with Crippen molar-refractivity contribution in [1.82, 2.24) is 4.90 Å². The fraction of sp³-hybridized carbons (Fsp3) is 0.353. The highest BCUT2D eigenvalue weighted by Gasteiger charge is 2.43. The third kappa shape index (κ3) is 3.07. The van der Waals surface area contributed by atoms with Crippen LogP contribution in [0.1, 0.15) is 47.2 Å². The molecule has 0 saturated carbocycles. The summed E-state index contributed by atoms with van der Waals surface area (Å²) in [5.74, 6) is -1.90. The molecule has 0 spiro atoms. The van der Waals surface area contributed by atoms with Gasteiger partial charge < -0.3 is 10.0 Å². The number of carboxylic acid groups (broad SMARTS) is 1. The van der Waals surface area contributed by atoms with Crippen molar-refractivity contribution in [2.24, 2.45) is 0 Å². The van der Waals surface area contributed by atoms with Crippen molar-refractivity contribution in [2.45, 2.75) is 38.7 Å². The smallest absolute Gasteiger partial charge is 0.307 e. The maximum absolute atomic E-state index is 12.9. The number of fused-ring (bicyclic) bond motifs is 1. The van der Waals surface area contributed by atoms with E-state index in [0.29, 0.717) is 34.6 Å². The molecule has 1 atom stereocenters. The van der Waals surface area contributed by atoms with Crippen molar-refractivity contribution in [2.75, 3.05) is 0 Å². The van der Waals surface area contributed by atoms with E-state index < -0.39 is 24.3 Å². The van der Waals surface area contributed by atoms with Crippen LogP contribution in [0.25, 0.3) is 0 Å². The van der Waals surface area contributed by atoms with Gasteiger partial charge in [-0.1, -0.05) is 11.6 Å². The molecule has 1 aliphatic carbocycles. The summed E-state index contributed by atoms with van der Waals surface area (Å²) in [6.45, 7) is 1.58. The first-order chi connectivity index (χ1) is 12.2. The monoisotopic (exact) mass is 401 g/mol. The van der Waals surface area contributed by atoms with Gasteiger partial charge in [0.05, 0.1) is 27.2 Å². The number of rotatable bonds is 4. The highest BCUT2D eigenvalue weighted by atomic mass is 35.5. The van der Waals surface area contributed by atoms with E-state index in [1.54, 1.807) is 6.92 Å². The Bertz CT molecular complexity index is 874. The van der Waals surface area contributed by atoms with E-state index in [4.69, 9.17) is 11.6 Å². The van der Waals surface area contributed by atoms with Crippen LogP contribution in [0.5, 0.6) is 0 Å². The van der Waals surface area contributed by atoms with Gasteiger partial charge in [-0.2, -0.15) is 0 Å². The van der Waals surface area contributed by atoms with E-state index in [9.17, 15) is 28.3 Å². The largest absolute Gasteiger partial charge is 0.481 e. The number of amides is 1. The van der Waals surface area contributed by atoms with E-state index in [-0.39, 0.29) is 33.4 Å². The molecule has 0 bridgehead atoms. The van der Waals surface area contributed by atoms with Crippen LogP contribution in [0.4, 0.5) is 8.78 Å². The van der Waals surface area contributed by atoms with Gasteiger partial charge in [0.2, 0.25) is 0 Å². The maximum Gasteiger partial charge on any atom is 0.307 e. The van der Waals surface area contributed by atoms with Gasteiger partial charge in [0.1, 0.15) is 0 Å². The van der Waals surface area contributed by atoms with E-state index >= 15 is 0 Å². The molecule has 2 heterocycles. The van der Waals surface area contributed by atoms with Crippen LogP contribution in [0.15, 0.2) is 34.0 Å². The van der Waals surface area contributed by atoms with E-state index in [2.05, 4.69) is 0 Å². The van der Waals surface area contributed by atoms with Crippen LogP contribution in [0.3, 0.4) is 0 Å². The molecular formula is C17H14ClF2NO4S. The Hall–Kier alpha value is -2.06. The average Bonchev–Trinajstić information content (AvgIpc) is 3.15. The lowest BCUT2D eigenvalue weighted by Gasteiger charge is -2.29. The zero-order chi connectivity index (χ0) is 19.2. The molecule has 1 aromatic rings. The molecule has 1 N–H and O–H groups in total. The first kappa shape index (κ1) is 18.7. The van der Waals surface area contributed by atoms with Crippen LogP contribution < -0.4 is 0 Å². The Morgan fingerprint density at radius 2 is 2.12 bits per heavy atom. The molecule has 3 rings (SSSR count). The lowest BCUT2D eigenvalue weighted by Crippen LogP contribution is -2.38. The number of nitrogens with zero attached hydrogens (tertiary/aromatic N) is 1. The Balaban J connectivity index is 2.05. The van der Waals surface area contributed by atoms with E-state index in [0.717, 1.165) is 0 Å². The summed E-state index contributed by atoms with van der Waals surface area (Å²) in [4.78, 5) is 37.4. The molecular weight excluding hydrogens is 388 g/mol. The minimum atomic E-state index is -2.67. The highest BCUT2D eigenvalue weighted by molar-refractivity contribution is 7.14. The normalized spacial score (nSPS) is 20.3. The second kappa shape index (κ2) is 6.92. The van der Waals surface area contributed by atoms with Crippen molar-refractivity contribution in [3.63, 3.8) is 0 Å². The molecule has 0 fully saturated rings. The minimum absolute atomic E-state index is 0.0494. The average molecular weight is 402 g/mol. The van der Waals surface area contributed by atoms with Gasteiger partial charge in [0.15, 0.2) is 5.78 Å². The van der Waals surface area contributed by atoms with Crippen LogP contribution >= 0.6 is 22.9 Å². The number of aliphatic carboxylic acids is 1. The SMILES string of the molecule is CC1=C(CC(=O)O)C2=C(Cl)C(=O)CCC2N1C(=O)c1ccc(C(F)F)s1. The number of hydrogen-bond acceptors (Lipinski definition) is 4. The van der Waals surface area contributed by atoms with Crippen molar-refractivity contribution in [3.8, 4) is 0 Å². The second-order valence-corrected chi connectivity index (χ2v) is 7.51. The molecule has 0 radical (unpaired) electrons. The van der Waals surface area contributed by atoms with Crippen molar-refractivity contribution in [3.05, 3.63) is 43.8 Å². The number of hydrogen-bond donors (Lipinski definition) is 1. The molecule has 9 heteroatoms. The van der Waals surface area contributed by atoms with E-state index in [1.165, 1.54) is 17.0 Å². The summed E-state index contributed by atoms with van der Waals surface area (Å²) in [7, 11) is 0. The standard InChI is InChI=1S/C17H14ClF2NO4S/c1-7-8(6-13(23)24)14-9(2-3-10(22)15(14)18)21(7)17(25)12-5-4-11(26-12)16(19)20/h4-5,9,16H,2-3,6H2,1H3,(H,23,24). The topological polar surface area (TPSA) is 74.7 Å². The predicted molar refractivity (Wildman–Crippen MR) is 91.3 cm³/mol. The zero-order valence-electron chi connectivity index (χ0n) is 13.6. The molecule has 138 valence electrons. The molecule has 5 nitrogen and oxygen atoms in total. The molecule has 26 heavy (non-hydrogen) atoms. The molecule has 1 aromatic heterocycles. The second-order valence-electron chi connectivity index (χ2n) is 6.02. The van der Waals surface area contributed by atoms with Gasteiger partial charge in [0.25, 0.3) is 12.3 Å². The number of halogens is 3. The number of alkyl halides is 2. The fourth-order valence-corrected chi connectivity index (χ4v) is 4.49. The summed E-state index contributed by atoms with van der Waals surface area (Å²) in [6.07, 6.45) is -2.60. The lowest BCUT2D eigenvalue weighted by atomic mass is 9.89. The van der Waals surface area contributed by atoms with Gasteiger partial charge >= 0.3 is 5.97 Å². The van der Waals surface area contributed by atoms with Crippen molar-refractivity contribution in [1.29, 1.82) is 0 Å². The lowest BCUT2D eigenvalue weighted by molar-refractivity contribution is -0.136. The number of carbonyl (C=O) groups is 3. The minimum Gasteiger partial charge on any atom is -0.481 e. The number of thiophene rings is 1. The Kier molecular flexibility index (Phi) is 4.98. The van der Waals surface area contributed by atoms with Gasteiger partial charge in [-0.25, -0.2) is 8.78 Å². The third-order valence-electron chi connectivity index (χ3n) is 4.49. The van der Waals surface area contributed by atoms with Crippen LogP contribution in [0.2, 0.25) is 0 Å². The molecule has 1 unspecified atom stereocenters. The zero-order valence-corrected chi connectivity index (χ0v) is 15.2. The quantitative estimate of drug-likeness (QED) is 0.823.